The van der Waals surface area contributed by atoms with Crippen molar-refractivity contribution in [3.63, 3.8) is 0 Å². The molecule has 1 aliphatic heterocycles. The van der Waals surface area contributed by atoms with Crippen LogP contribution in [0.3, 0.4) is 0 Å². The van der Waals surface area contributed by atoms with E-state index in [1.807, 2.05) is 4.90 Å². The molecule has 5 heteroatoms. The lowest BCUT2D eigenvalue weighted by molar-refractivity contribution is -0.913. The number of benzene rings is 1. The predicted molar refractivity (Wildman–Crippen MR) is 109 cm³/mol. The van der Waals surface area contributed by atoms with Gasteiger partial charge in [0.25, 0.3) is 0 Å². The van der Waals surface area contributed by atoms with Gasteiger partial charge in [-0.1, -0.05) is 62.1 Å². The fourth-order valence-electron chi connectivity index (χ4n) is 4.11. The van der Waals surface area contributed by atoms with Crippen LogP contribution in [0.4, 0.5) is 0 Å². The molecule has 0 spiro atoms. The number of fused-ring (bicyclic) bond motifs is 1. The van der Waals surface area contributed by atoms with E-state index in [1.165, 1.54) is 38.6 Å². The molecule has 1 aromatic carbocycles. The van der Waals surface area contributed by atoms with Gasteiger partial charge >= 0.3 is 0 Å². The summed E-state index contributed by atoms with van der Waals surface area (Å²) >= 11 is 6.35. The van der Waals surface area contributed by atoms with Gasteiger partial charge in [0.05, 0.1) is 39.8 Å². The molecule has 0 atom stereocenters. The monoisotopic (exact) mass is 389 g/mol. The van der Waals surface area contributed by atoms with Crippen molar-refractivity contribution in [3.8, 4) is 0 Å². The van der Waals surface area contributed by atoms with Crippen LogP contribution in [0.15, 0.2) is 35.0 Å². The lowest BCUT2D eigenvalue weighted by Crippen LogP contribution is -2.58. The Morgan fingerprint density at radius 2 is 1.56 bits per heavy atom. The second-order valence-corrected chi connectivity index (χ2v) is 8.44. The molecule has 1 aliphatic carbocycles. The van der Waals surface area contributed by atoms with Gasteiger partial charge in [0, 0.05) is 11.1 Å². The summed E-state index contributed by atoms with van der Waals surface area (Å²) in [5, 5.41) is 0.0781. The minimum absolute atomic E-state index is 0.0781. The molecule has 146 valence electrons. The van der Waals surface area contributed by atoms with Crippen LogP contribution < -0.4 is 0 Å². The van der Waals surface area contributed by atoms with Gasteiger partial charge in [0.15, 0.2) is 0 Å². The summed E-state index contributed by atoms with van der Waals surface area (Å²) in [6.45, 7) is 6.90. The number of nitrogens with zero attached hydrogens (tertiary/aromatic N) is 2. The zero-order valence-corrected chi connectivity index (χ0v) is 17.2. The minimum Gasteiger partial charge on any atom is -0.356 e. The van der Waals surface area contributed by atoms with Crippen LogP contribution in [-0.4, -0.2) is 60.7 Å². The molecule has 0 bridgehead atoms. The molecule has 4 nitrogen and oxygen atoms in total. The van der Waals surface area contributed by atoms with Gasteiger partial charge in [0.2, 0.25) is 11.6 Å². The highest BCUT2D eigenvalue weighted by molar-refractivity contribution is 6.49. The average Bonchev–Trinajstić information content (AvgIpc) is 2.68. The van der Waals surface area contributed by atoms with Crippen LogP contribution >= 0.6 is 11.6 Å². The summed E-state index contributed by atoms with van der Waals surface area (Å²) in [5.41, 5.74) is 1.29. The fraction of sp³-hybridized carbons (Fsp3) is 0.545. The van der Waals surface area contributed by atoms with Crippen LogP contribution in [0.5, 0.6) is 0 Å². The Labute approximate surface area is 167 Å². The van der Waals surface area contributed by atoms with E-state index in [0.29, 0.717) is 16.8 Å². The molecular weight excluding hydrogens is 360 g/mol. The lowest BCUT2D eigenvalue weighted by atomic mass is 9.91. The molecule has 1 heterocycles. The molecule has 3 rings (SSSR count). The number of rotatable bonds is 7. The van der Waals surface area contributed by atoms with Crippen LogP contribution in [-0.2, 0) is 0 Å². The first-order valence-electron chi connectivity index (χ1n) is 10.1. The number of piperazine rings is 1. The molecule has 27 heavy (non-hydrogen) atoms. The maximum atomic E-state index is 13.0. The van der Waals surface area contributed by atoms with E-state index >= 15 is 0 Å². The Morgan fingerprint density at radius 3 is 2.19 bits per heavy atom. The summed E-state index contributed by atoms with van der Waals surface area (Å²) in [6.07, 6.45) is 6.46. The molecule has 1 saturated heterocycles. The van der Waals surface area contributed by atoms with Gasteiger partial charge in [0.1, 0.15) is 10.7 Å². The highest BCUT2D eigenvalue weighted by Crippen LogP contribution is 2.31. The topological polar surface area (TPSA) is 37.4 Å². The first-order valence-corrected chi connectivity index (χ1v) is 10.5. The van der Waals surface area contributed by atoms with Crippen molar-refractivity contribution < 1.29 is 14.1 Å². The largest absolute Gasteiger partial charge is 0.356 e. The zero-order chi connectivity index (χ0) is 19.4. The average molecular weight is 390 g/mol. The van der Waals surface area contributed by atoms with Crippen molar-refractivity contribution in [1.82, 2.24) is 4.90 Å². The third-order valence-corrected chi connectivity index (χ3v) is 6.33. The van der Waals surface area contributed by atoms with Crippen LogP contribution in [0.25, 0.3) is 0 Å². The smallest absolute Gasteiger partial charge is 0.211 e. The Morgan fingerprint density at radius 1 is 0.963 bits per heavy atom. The fourth-order valence-corrected chi connectivity index (χ4v) is 4.41. The number of halogens is 1. The molecular formula is C22H30ClN2O2+. The lowest BCUT2D eigenvalue weighted by Gasteiger charge is -2.43. The zero-order valence-electron chi connectivity index (χ0n) is 16.5. The summed E-state index contributed by atoms with van der Waals surface area (Å²) in [7, 11) is 2.30. The Hall–Kier alpha value is -1.65. The van der Waals surface area contributed by atoms with Gasteiger partial charge < -0.3 is 9.38 Å². The highest BCUT2D eigenvalue weighted by Gasteiger charge is 2.37. The number of Topliss-reactive ketones (excluding diaryl/α,β-unsaturated/α-hetero) is 2. The standard InChI is InChI=1S/C22H30ClN2O2/c1-3-4-5-6-9-14-25(2)15-12-24(13-16-25)20-19(23)21(26)17-10-7-8-11-18(17)22(20)27/h7-8,10-11H,3-6,9,12-16H2,1-2H3/q+1. The molecule has 0 amide bonds. The molecule has 0 radical (unpaired) electrons. The van der Waals surface area contributed by atoms with Gasteiger partial charge in [-0.25, -0.2) is 0 Å². The maximum absolute atomic E-state index is 13.0. The number of quaternary nitrogens is 1. The third-order valence-electron chi connectivity index (χ3n) is 5.98. The van der Waals surface area contributed by atoms with E-state index in [0.717, 1.165) is 30.7 Å². The van der Waals surface area contributed by atoms with Crippen LogP contribution in [0.2, 0.25) is 0 Å². The summed E-state index contributed by atoms with van der Waals surface area (Å²) < 4.78 is 1.03. The SMILES string of the molecule is CCCCCCC[N+]1(C)CCN(C2=C(Cl)C(=O)c3ccccc3C2=O)CC1. The molecule has 0 N–H and O–H groups in total. The molecule has 1 aromatic rings. The molecule has 1 fully saturated rings. The molecule has 0 unspecified atom stereocenters. The summed E-state index contributed by atoms with van der Waals surface area (Å²) in [5.74, 6) is -0.355. The van der Waals surface area contributed by atoms with Gasteiger partial charge in [-0.15, -0.1) is 0 Å². The van der Waals surface area contributed by atoms with E-state index in [-0.39, 0.29) is 16.6 Å². The number of likely N-dealkylation sites (N-methyl/N-ethyl adjacent to an activating group) is 1. The summed E-state index contributed by atoms with van der Waals surface area (Å²) in [6, 6.07) is 6.96. The Balaban J connectivity index is 1.65. The second-order valence-electron chi connectivity index (χ2n) is 8.06. The van der Waals surface area contributed by atoms with E-state index in [9.17, 15) is 9.59 Å². The number of ketones is 2. The van der Waals surface area contributed by atoms with Crippen molar-refractivity contribution in [2.75, 3.05) is 39.8 Å². The highest BCUT2D eigenvalue weighted by atomic mass is 35.5. The van der Waals surface area contributed by atoms with Crippen molar-refractivity contribution in [2.24, 2.45) is 0 Å². The van der Waals surface area contributed by atoms with Gasteiger partial charge in [-0.2, -0.15) is 0 Å². The second kappa shape index (κ2) is 8.57. The quantitative estimate of drug-likeness (QED) is 0.516. The van der Waals surface area contributed by atoms with E-state index in [2.05, 4.69) is 14.0 Å². The minimum atomic E-state index is -0.236. The van der Waals surface area contributed by atoms with Gasteiger partial charge in [-0.3, -0.25) is 9.59 Å². The Kier molecular flexibility index (Phi) is 6.38. The first-order chi connectivity index (χ1) is 13.0. The number of carbonyl (C=O) groups excluding carboxylic acids is 2. The number of hydrogen-bond acceptors (Lipinski definition) is 3. The number of carbonyl (C=O) groups is 2. The first kappa shape index (κ1) is 20.1. The maximum Gasteiger partial charge on any atom is 0.211 e. The molecule has 0 aromatic heterocycles. The van der Waals surface area contributed by atoms with Crippen molar-refractivity contribution >= 4 is 23.2 Å². The number of hydrogen-bond donors (Lipinski definition) is 0. The van der Waals surface area contributed by atoms with Crippen molar-refractivity contribution in [2.45, 2.75) is 39.0 Å². The predicted octanol–water partition coefficient (Wildman–Crippen LogP) is 4.25. The van der Waals surface area contributed by atoms with Crippen molar-refractivity contribution in [3.05, 3.63) is 46.1 Å². The van der Waals surface area contributed by atoms with Crippen LogP contribution in [0, 0.1) is 0 Å². The number of allylic oxidation sites excluding steroid dienone is 2. The Bertz CT molecular complexity index is 748. The van der Waals surface area contributed by atoms with Gasteiger partial charge in [-0.05, 0) is 12.8 Å². The summed E-state index contributed by atoms with van der Waals surface area (Å²) in [4.78, 5) is 27.6. The van der Waals surface area contributed by atoms with E-state index in [1.54, 1.807) is 24.3 Å². The third kappa shape index (κ3) is 4.27. The van der Waals surface area contributed by atoms with Crippen LogP contribution in [0.1, 0.15) is 59.7 Å². The van der Waals surface area contributed by atoms with Crippen molar-refractivity contribution in [1.29, 1.82) is 0 Å². The molecule has 0 saturated carbocycles. The van der Waals surface area contributed by atoms with E-state index < -0.39 is 0 Å². The number of unbranched alkanes of at least 4 members (excludes halogenated alkanes) is 4. The molecule has 2 aliphatic rings. The van der Waals surface area contributed by atoms with E-state index in [4.69, 9.17) is 11.6 Å². The normalized spacial score (nSPS) is 19.4.